The highest BCUT2D eigenvalue weighted by Crippen LogP contribution is 2.44. The van der Waals surface area contributed by atoms with Crippen LogP contribution in [0.1, 0.15) is 109 Å². The summed E-state index contributed by atoms with van der Waals surface area (Å²) in [4.78, 5) is 10.2. The number of phenols is 1. The smallest absolute Gasteiger partial charge is 0.149 e. The van der Waals surface area contributed by atoms with Gasteiger partial charge in [0.15, 0.2) is 0 Å². The molecular formula is C61H59N3O. The normalized spacial score (nSPS) is 17.5. The Labute approximate surface area is 410 Å². The number of aryl methyl sites for hydroxylation is 1. The molecule has 0 atom stereocenters. The highest BCUT2D eigenvalue weighted by atomic mass is 16.3. The summed E-state index contributed by atoms with van der Waals surface area (Å²) >= 11 is 0. The number of pyridine rings is 1. The van der Waals surface area contributed by atoms with Gasteiger partial charge < -0.3 is 5.11 Å². The third-order valence-electron chi connectivity index (χ3n) is 11.9. The molecule has 2 heterocycles. The molecule has 0 saturated heterocycles. The van der Waals surface area contributed by atoms with Crippen LogP contribution >= 0.6 is 0 Å². The van der Waals surface area contributed by atoms with E-state index in [1.807, 2.05) is 110 Å². The Balaban J connectivity index is 1.31. The summed E-state index contributed by atoms with van der Waals surface area (Å²) in [7, 11) is 0. The van der Waals surface area contributed by atoms with Gasteiger partial charge in [0.05, 0.1) is 28.0 Å². The molecule has 0 unspecified atom stereocenters. The Bertz CT molecular complexity index is 3810. The molecule has 4 heteroatoms. The van der Waals surface area contributed by atoms with Crippen molar-refractivity contribution in [1.82, 2.24) is 14.5 Å². The Morgan fingerprint density at radius 1 is 0.477 bits per heavy atom. The van der Waals surface area contributed by atoms with Crippen molar-refractivity contribution in [3.63, 3.8) is 0 Å². The molecule has 0 bridgehead atoms. The van der Waals surface area contributed by atoms with E-state index in [2.05, 4.69) is 0 Å². The van der Waals surface area contributed by atoms with E-state index in [9.17, 15) is 5.11 Å². The average Bonchev–Trinajstić information content (AvgIpc) is 1.85. The van der Waals surface area contributed by atoms with Crippen LogP contribution in [-0.4, -0.2) is 19.6 Å². The quantitative estimate of drug-likeness (QED) is 0.174. The van der Waals surface area contributed by atoms with Crippen LogP contribution < -0.4 is 0 Å². The van der Waals surface area contributed by atoms with Gasteiger partial charge in [-0.1, -0.05) is 171 Å². The molecule has 0 amide bonds. The Morgan fingerprint density at radius 3 is 1.78 bits per heavy atom. The van der Waals surface area contributed by atoms with E-state index >= 15 is 0 Å². The number of fused-ring (bicyclic) bond motifs is 1. The largest absolute Gasteiger partial charge is 0.507 e. The second-order valence-electron chi connectivity index (χ2n) is 17.7. The van der Waals surface area contributed by atoms with Crippen LogP contribution in [0.25, 0.3) is 83.9 Å². The number of rotatable bonds is 7. The third-order valence-corrected chi connectivity index (χ3v) is 11.9. The molecule has 0 aliphatic rings. The van der Waals surface area contributed by atoms with Gasteiger partial charge in [0.1, 0.15) is 11.6 Å². The van der Waals surface area contributed by atoms with E-state index in [0.717, 1.165) is 16.7 Å². The summed E-state index contributed by atoms with van der Waals surface area (Å²) in [5.74, 6) is 0.187. The van der Waals surface area contributed by atoms with E-state index in [1.54, 1.807) is 49.5 Å². The van der Waals surface area contributed by atoms with Crippen LogP contribution in [0.15, 0.2) is 170 Å². The Hall–Kier alpha value is -7.04. The molecule has 0 fully saturated rings. The lowest BCUT2D eigenvalue weighted by molar-refractivity contribution is 0.471. The summed E-state index contributed by atoms with van der Waals surface area (Å²) < 4.78 is 153. The van der Waals surface area contributed by atoms with Crippen molar-refractivity contribution in [2.24, 2.45) is 0 Å². The number of aromatic nitrogens is 3. The highest BCUT2D eigenvalue weighted by molar-refractivity contribution is 5.98. The standard InChI is InChI=1S/C61H59N3O/c1-39-32-49(61(8,9)10)38-52(57(39)65)58-63-56-50(22-17-23-55(56)64(58)54-29-28-48(60(5,6)7)37-51(54)42-20-15-12-16-21-42)45-33-44(40-18-13-11-14-19-40)34-46(35-45)53-36-43(30-31-62-53)41-24-26-47(27-25-41)59(2,3)4/h11-38,65H,1-10H3/i2D3,3D3,4D3,5D3,6D3,7D3. The van der Waals surface area contributed by atoms with Gasteiger partial charge in [0, 0.05) is 47.6 Å². The predicted molar refractivity (Wildman–Crippen MR) is 274 cm³/mol. The molecule has 1 N–H and O–H groups in total. The average molecular weight is 868 g/mol. The molecule has 2 aromatic heterocycles. The van der Waals surface area contributed by atoms with Crippen molar-refractivity contribution in [2.45, 2.75) is 85.1 Å². The number of nitrogens with zero attached hydrogens (tertiary/aromatic N) is 3. The van der Waals surface area contributed by atoms with Crippen LogP contribution in [0.5, 0.6) is 5.75 Å². The fourth-order valence-electron chi connectivity index (χ4n) is 8.36. The summed E-state index contributed by atoms with van der Waals surface area (Å²) in [5.41, 5.74) is 1.34. The van der Waals surface area contributed by atoms with Crippen LogP contribution in [0.2, 0.25) is 0 Å². The van der Waals surface area contributed by atoms with Crippen LogP contribution in [-0.2, 0) is 16.2 Å². The van der Waals surface area contributed by atoms with Gasteiger partial charge in [-0.25, -0.2) is 4.98 Å². The van der Waals surface area contributed by atoms with E-state index in [4.69, 9.17) is 34.6 Å². The number of benzene rings is 7. The van der Waals surface area contributed by atoms with Gasteiger partial charge in [-0.15, -0.1) is 0 Å². The molecule has 9 aromatic rings. The second kappa shape index (κ2) is 16.5. The van der Waals surface area contributed by atoms with E-state index in [-0.39, 0.29) is 22.7 Å². The molecule has 65 heavy (non-hydrogen) atoms. The Kier molecular flexibility index (Phi) is 6.77. The number of hydrogen-bond acceptors (Lipinski definition) is 3. The topological polar surface area (TPSA) is 50.9 Å². The van der Waals surface area contributed by atoms with Gasteiger partial charge in [0.2, 0.25) is 0 Å². The summed E-state index contributed by atoms with van der Waals surface area (Å²) in [5, 5.41) is 12.2. The zero-order valence-electron chi connectivity index (χ0n) is 54.5. The lowest BCUT2D eigenvalue weighted by Gasteiger charge is -2.24. The second-order valence-corrected chi connectivity index (χ2v) is 17.7. The fourth-order valence-corrected chi connectivity index (χ4v) is 8.36. The molecule has 0 aliphatic carbocycles. The molecular weight excluding hydrogens is 791 g/mol. The van der Waals surface area contributed by atoms with Crippen molar-refractivity contribution in [3.8, 4) is 78.6 Å². The van der Waals surface area contributed by atoms with Crippen molar-refractivity contribution < 1.29 is 29.8 Å². The zero-order valence-corrected chi connectivity index (χ0v) is 36.5. The van der Waals surface area contributed by atoms with E-state index < -0.39 is 62.9 Å². The highest BCUT2D eigenvalue weighted by Gasteiger charge is 2.26. The number of hydrogen-bond donors (Lipinski definition) is 1. The number of imidazole rings is 1. The summed E-state index contributed by atoms with van der Waals surface area (Å²) in [6.07, 6.45) is 1.59. The minimum Gasteiger partial charge on any atom is -0.507 e. The Morgan fingerprint density at radius 2 is 1.09 bits per heavy atom. The lowest BCUT2D eigenvalue weighted by Crippen LogP contribution is -2.13. The molecule has 0 saturated carbocycles. The van der Waals surface area contributed by atoms with Crippen molar-refractivity contribution in [3.05, 3.63) is 192 Å². The fraction of sp³-hybridized carbons (Fsp3) is 0.213. The van der Waals surface area contributed by atoms with Crippen LogP contribution in [0.3, 0.4) is 0 Å². The maximum Gasteiger partial charge on any atom is 0.149 e. The third kappa shape index (κ3) is 8.54. The molecule has 7 aromatic carbocycles. The first-order valence-corrected chi connectivity index (χ1v) is 21.3. The molecule has 324 valence electrons. The maximum atomic E-state index is 12.2. The van der Waals surface area contributed by atoms with E-state index in [0.29, 0.717) is 66.9 Å². The number of phenolic OH excluding ortho intramolecular Hbond substituents is 1. The number of aromatic hydroxyl groups is 1. The first-order valence-electron chi connectivity index (χ1n) is 30.3. The zero-order chi connectivity index (χ0) is 60.8. The molecule has 0 radical (unpaired) electrons. The van der Waals surface area contributed by atoms with Gasteiger partial charge in [-0.05, 0) is 133 Å². The lowest BCUT2D eigenvalue weighted by atomic mass is 9.84. The first-order chi connectivity index (χ1) is 38.4. The minimum absolute atomic E-state index is 0.0691. The first kappa shape index (κ1) is 26.7. The molecule has 4 nitrogen and oxygen atoms in total. The maximum absolute atomic E-state index is 12.2. The van der Waals surface area contributed by atoms with Crippen molar-refractivity contribution in [2.75, 3.05) is 0 Å². The summed E-state index contributed by atoms with van der Waals surface area (Å²) in [6, 6.07) is 46.7. The van der Waals surface area contributed by atoms with Crippen molar-refractivity contribution in [1.29, 1.82) is 0 Å². The molecule has 9 rings (SSSR count). The number of para-hydroxylation sites is 1. The predicted octanol–water partition coefficient (Wildman–Crippen LogP) is 16.3. The monoisotopic (exact) mass is 868 g/mol. The van der Waals surface area contributed by atoms with Gasteiger partial charge in [-0.3, -0.25) is 9.55 Å². The SMILES string of the molecule is [2H]C([2H])([2H])C(c1ccc(-c2ccnc(-c3cc(-c4ccccc4)cc(-c4cccc5c4nc(-c4cc(C(C)(C)C)cc(C)c4O)n5-c4ccc(C(C([2H])([2H])[2H])(C([2H])([2H])[2H])C([2H])([2H])[2H])cc4-c4ccccc4)c3)c2)cc1)(C([2H])([2H])[2H])C([2H])([2H])[2H]. The van der Waals surface area contributed by atoms with Crippen molar-refractivity contribution >= 4 is 11.0 Å². The van der Waals surface area contributed by atoms with Gasteiger partial charge in [-0.2, -0.15) is 0 Å². The summed E-state index contributed by atoms with van der Waals surface area (Å²) in [6.45, 7) is -13.0. The van der Waals surface area contributed by atoms with Gasteiger partial charge >= 0.3 is 0 Å². The van der Waals surface area contributed by atoms with E-state index in [1.165, 1.54) is 42.5 Å². The molecule has 0 spiro atoms. The minimum atomic E-state index is -3.55. The van der Waals surface area contributed by atoms with Gasteiger partial charge in [0.25, 0.3) is 0 Å². The van der Waals surface area contributed by atoms with Crippen LogP contribution in [0.4, 0.5) is 0 Å². The molecule has 0 aliphatic heterocycles. The van der Waals surface area contributed by atoms with Crippen LogP contribution in [0, 0.1) is 6.92 Å².